The second kappa shape index (κ2) is 6.27. The molecule has 1 aromatic heterocycles. The van der Waals surface area contributed by atoms with Crippen LogP contribution in [0.15, 0.2) is 6.07 Å². The fourth-order valence-corrected chi connectivity index (χ4v) is 1.35. The average Bonchev–Trinajstić information content (AvgIpc) is 2.34. The van der Waals surface area contributed by atoms with Gasteiger partial charge in [0.2, 0.25) is 0 Å². The molecule has 10 heteroatoms. The molecule has 1 heterocycles. The van der Waals surface area contributed by atoms with Crippen LogP contribution in [0.1, 0.15) is 30.6 Å². The number of carbonyl (C=O) groups excluding carboxylic acids is 1. The summed E-state index contributed by atoms with van der Waals surface area (Å²) >= 11 is 0. The van der Waals surface area contributed by atoms with E-state index in [0.717, 1.165) is 0 Å². The van der Waals surface area contributed by atoms with Gasteiger partial charge in [0.05, 0.1) is 13.0 Å². The molecule has 1 aromatic rings. The number of hydrogen-bond acceptors (Lipinski definition) is 4. The van der Waals surface area contributed by atoms with Crippen molar-refractivity contribution in [2.45, 2.75) is 32.1 Å². The number of carbonyl (C=O) groups is 1. The van der Waals surface area contributed by atoms with Crippen molar-refractivity contribution in [2.75, 3.05) is 6.61 Å². The van der Waals surface area contributed by atoms with E-state index in [1.165, 1.54) is 6.92 Å². The predicted molar refractivity (Wildman–Crippen MR) is 57.0 cm³/mol. The van der Waals surface area contributed by atoms with Crippen LogP contribution in [0.4, 0.5) is 26.3 Å². The quantitative estimate of drug-likeness (QED) is 0.633. The maximum absolute atomic E-state index is 12.5. The van der Waals surface area contributed by atoms with E-state index in [1.807, 2.05) is 0 Å². The fourth-order valence-electron chi connectivity index (χ4n) is 1.35. The maximum Gasteiger partial charge on any atom is 0.433 e. The van der Waals surface area contributed by atoms with E-state index in [0.29, 0.717) is 0 Å². The number of rotatable bonds is 4. The molecule has 0 unspecified atom stereocenters. The van der Waals surface area contributed by atoms with Crippen LogP contribution in [0.3, 0.4) is 0 Å². The van der Waals surface area contributed by atoms with Gasteiger partial charge < -0.3 is 4.74 Å². The zero-order valence-electron chi connectivity index (χ0n) is 10.7. The van der Waals surface area contributed by atoms with Gasteiger partial charge in [0.1, 0.15) is 17.2 Å². The van der Waals surface area contributed by atoms with E-state index in [2.05, 4.69) is 14.7 Å². The van der Waals surface area contributed by atoms with Crippen molar-refractivity contribution in [3.8, 4) is 0 Å². The maximum atomic E-state index is 12.5. The van der Waals surface area contributed by atoms with Crippen LogP contribution in [0.5, 0.6) is 0 Å². The van der Waals surface area contributed by atoms with Crippen LogP contribution >= 0.6 is 0 Å². The molecule has 0 aliphatic carbocycles. The molecular formula is C11H10F6N2O2. The monoisotopic (exact) mass is 316 g/mol. The second-order valence-corrected chi connectivity index (χ2v) is 3.86. The number of nitrogens with zero attached hydrogens (tertiary/aromatic N) is 2. The Hall–Kier alpha value is -1.87. The van der Waals surface area contributed by atoms with Crippen LogP contribution in [0.25, 0.3) is 0 Å². The van der Waals surface area contributed by atoms with Crippen LogP contribution in [0.2, 0.25) is 0 Å². The first-order chi connectivity index (χ1) is 9.54. The minimum Gasteiger partial charge on any atom is -0.466 e. The van der Waals surface area contributed by atoms with Crippen molar-refractivity contribution in [1.29, 1.82) is 0 Å². The van der Waals surface area contributed by atoms with E-state index >= 15 is 0 Å². The number of halogens is 6. The van der Waals surface area contributed by atoms with Crippen LogP contribution in [0, 0.1) is 0 Å². The number of esters is 1. The number of aromatic nitrogens is 2. The van der Waals surface area contributed by atoms with E-state index in [1.54, 1.807) is 0 Å². The Morgan fingerprint density at radius 1 is 1.10 bits per heavy atom. The van der Waals surface area contributed by atoms with Crippen LogP contribution in [-0.4, -0.2) is 22.5 Å². The number of aryl methyl sites for hydroxylation is 1. The highest BCUT2D eigenvalue weighted by molar-refractivity contribution is 5.69. The third kappa shape index (κ3) is 5.20. The highest BCUT2D eigenvalue weighted by Crippen LogP contribution is 2.33. The molecule has 1 rings (SSSR count). The van der Waals surface area contributed by atoms with Gasteiger partial charge >= 0.3 is 18.3 Å². The molecule has 0 aromatic carbocycles. The molecule has 0 spiro atoms. The lowest BCUT2D eigenvalue weighted by Gasteiger charge is -2.12. The molecule has 0 N–H and O–H groups in total. The highest BCUT2D eigenvalue weighted by atomic mass is 19.4. The van der Waals surface area contributed by atoms with Crippen molar-refractivity contribution in [3.05, 3.63) is 23.3 Å². The standard InChI is InChI=1S/C11H10F6N2O2/c1-2-21-9(20)4-3-8-18-6(10(12,13)14)5-7(19-8)11(15,16)17/h5H,2-4H2,1H3. The highest BCUT2D eigenvalue weighted by Gasteiger charge is 2.39. The van der Waals surface area contributed by atoms with E-state index in [4.69, 9.17) is 0 Å². The van der Waals surface area contributed by atoms with Crippen molar-refractivity contribution in [2.24, 2.45) is 0 Å². The Balaban J connectivity index is 3.06. The summed E-state index contributed by atoms with van der Waals surface area (Å²) in [7, 11) is 0. The fraction of sp³-hybridized carbons (Fsp3) is 0.545. The third-order valence-corrected chi connectivity index (χ3v) is 2.21. The summed E-state index contributed by atoms with van der Waals surface area (Å²) in [5, 5.41) is 0. The summed E-state index contributed by atoms with van der Waals surface area (Å²) < 4.78 is 79.6. The van der Waals surface area contributed by atoms with Gasteiger partial charge in [-0.1, -0.05) is 0 Å². The second-order valence-electron chi connectivity index (χ2n) is 3.86. The molecule has 0 aliphatic rings. The van der Waals surface area contributed by atoms with Crippen molar-refractivity contribution in [3.63, 3.8) is 0 Å². The lowest BCUT2D eigenvalue weighted by Crippen LogP contribution is -2.18. The topological polar surface area (TPSA) is 52.1 Å². The van der Waals surface area contributed by atoms with E-state index < -0.39 is 48.4 Å². The first-order valence-electron chi connectivity index (χ1n) is 5.72. The summed E-state index contributed by atoms with van der Waals surface area (Å²) in [5.74, 6) is -1.47. The summed E-state index contributed by atoms with van der Waals surface area (Å²) in [5.41, 5.74) is -3.41. The molecule has 4 nitrogen and oxygen atoms in total. The van der Waals surface area contributed by atoms with Crippen molar-refractivity contribution >= 4 is 5.97 Å². The molecule has 0 saturated carbocycles. The Morgan fingerprint density at radius 2 is 1.57 bits per heavy atom. The largest absolute Gasteiger partial charge is 0.466 e. The Labute approximate surface area is 115 Å². The minimum atomic E-state index is -5.04. The van der Waals surface area contributed by atoms with Crippen LogP contribution in [-0.2, 0) is 28.3 Å². The molecule has 0 atom stereocenters. The summed E-state index contributed by atoms with van der Waals surface area (Å²) in [6.45, 7) is 1.57. The zero-order chi connectivity index (χ0) is 16.3. The number of ether oxygens (including phenoxy) is 1. The molecule has 0 bridgehead atoms. The Bertz CT molecular complexity index is 480. The van der Waals surface area contributed by atoms with Gasteiger partial charge in [0.25, 0.3) is 0 Å². The first-order valence-corrected chi connectivity index (χ1v) is 5.72. The van der Waals surface area contributed by atoms with Crippen molar-refractivity contribution < 1.29 is 35.9 Å². The van der Waals surface area contributed by atoms with Gasteiger partial charge in [-0.15, -0.1) is 0 Å². The third-order valence-electron chi connectivity index (χ3n) is 2.21. The SMILES string of the molecule is CCOC(=O)CCc1nc(C(F)(F)F)cc(C(F)(F)F)n1. The van der Waals surface area contributed by atoms with Gasteiger partial charge in [-0.3, -0.25) is 4.79 Å². The molecule has 0 radical (unpaired) electrons. The van der Waals surface area contributed by atoms with Crippen LogP contribution < -0.4 is 0 Å². The van der Waals surface area contributed by atoms with E-state index in [9.17, 15) is 31.1 Å². The number of hydrogen-bond donors (Lipinski definition) is 0. The summed E-state index contributed by atoms with van der Waals surface area (Å²) in [4.78, 5) is 17.1. The lowest BCUT2D eigenvalue weighted by atomic mass is 10.2. The molecule has 0 saturated heterocycles. The molecule has 0 fully saturated rings. The predicted octanol–water partition coefficient (Wildman–Crippen LogP) is 3.01. The molecule has 118 valence electrons. The Kier molecular flexibility index (Phi) is 5.13. The molecule has 0 aliphatic heterocycles. The minimum absolute atomic E-state index is 0.0517. The normalized spacial score (nSPS) is 12.3. The summed E-state index contributed by atoms with van der Waals surface area (Å²) in [6, 6.07) is -0.173. The van der Waals surface area contributed by atoms with Gasteiger partial charge in [0, 0.05) is 6.42 Å². The lowest BCUT2D eigenvalue weighted by molar-refractivity contribution is -0.147. The van der Waals surface area contributed by atoms with Gasteiger partial charge in [0.15, 0.2) is 0 Å². The van der Waals surface area contributed by atoms with Gasteiger partial charge in [-0.2, -0.15) is 26.3 Å². The molecule has 0 amide bonds. The zero-order valence-corrected chi connectivity index (χ0v) is 10.7. The summed E-state index contributed by atoms with van der Waals surface area (Å²) in [6.07, 6.45) is -11.0. The van der Waals surface area contributed by atoms with Gasteiger partial charge in [-0.25, -0.2) is 9.97 Å². The number of alkyl halides is 6. The van der Waals surface area contributed by atoms with E-state index in [-0.39, 0.29) is 12.7 Å². The smallest absolute Gasteiger partial charge is 0.433 e. The average molecular weight is 316 g/mol. The molecular weight excluding hydrogens is 306 g/mol. The van der Waals surface area contributed by atoms with Crippen molar-refractivity contribution in [1.82, 2.24) is 9.97 Å². The first kappa shape index (κ1) is 17.2. The Morgan fingerprint density at radius 3 is 1.95 bits per heavy atom. The molecule has 21 heavy (non-hydrogen) atoms. The van der Waals surface area contributed by atoms with Gasteiger partial charge in [-0.05, 0) is 13.0 Å².